The van der Waals surface area contributed by atoms with Gasteiger partial charge >= 0.3 is 0 Å². The fourth-order valence-electron chi connectivity index (χ4n) is 3.42. The summed E-state index contributed by atoms with van der Waals surface area (Å²) in [5, 5.41) is 6.72. The van der Waals surface area contributed by atoms with Crippen molar-refractivity contribution in [3.05, 3.63) is 59.3 Å². The van der Waals surface area contributed by atoms with Gasteiger partial charge in [-0.15, -0.1) is 24.0 Å². The average molecular weight is 508 g/mol. The lowest BCUT2D eigenvalue weighted by atomic mass is 10.1. The summed E-state index contributed by atoms with van der Waals surface area (Å²) in [6.45, 7) is 11.2. The van der Waals surface area contributed by atoms with E-state index in [0.717, 1.165) is 56.6 Å². The Hall–Kier alpha value is -1.87. The number of pyridine rings is 1. The second-order valence-electron chi connectivity index (χ2n) is 7.21. The molecule has 0 bridgehead atoms. The van der Waals surface area contributed by atoms with Crippen molar-refractivity contribution in [3.63, 3.8) is 0 Å². The van der Waals surface area contributed by atoms with Gasteiger partial charge in [0.15, 0.2) is 5.96 Å². The van der Waals surface area contributed by atoms with E-state index in [-0.39, 0.29) is 24.0 Å². The molecule has 0 atom stereocenters. The highest BCUT2D eigenvalue weighted by molar-refractivity contribution is 14.0. The van der Waals surface area contributed by atoms with Crippen molar-refractivity contribution in [2.45, 2.75) is 26.9 Å². The third kappa shape index (κ3) is 7.15. The monoisotopic (exact) mass is 508 g/mol. The van der Waals surface area contributed by atoms with E-state index in [1.54, 1.807) is 7.05 Å². The summed E-state index contributed by atoms with van der Waals surface area (Å²) in [4.78, 5) is 13.8. The highest BCUT2D eigenvalue weighted by Gasteiger charge is 2.16. The molecule has 1 aliphatic heterocycles. The van der Waals surface area contributed by atoms with Gasteiger partial charge in [-0.2, -0.15) is 0 Å². The van der Waals surface area contributed by atoms with Crippen molar-refractivity contribution >= 4 is 35.8 Å². The molecule has 0 amide bonds. The van der Waals surface area contributed by atoms with Gasteiger partial charge < -0.3 is 20.4 Å². The molecular formula is C22H33IN6. The van der Waals surface area contributed by atoms with Gasteiger partial charge in [0.05, 0.1) is 0 Å². The Morgan fingerprint density at radius 3 is 2.34 bits per heavy atom. The maximum Gasteiger partial charge on any atom is 0.191 e. The normalized spacial score (nSPS) is 15.0. The Balaban J connectivity index is 0.00000300. The molecule has 0 spiro atoms. The standard InChI is InChI=1S/C22H32N6.HI/c1-4-27-10-12-28(13-11-27)21-9-8-20(16-24-21)17-26-22(23-3)25-15-19-7-5-6-18(2)14-19;/h5-9,14,16H,4,10-13,15,17H2,1-3H3,(H2,23,25,26);1H. The van der Waals surface area contributed by atoms with Crippen molar-refractivity contribution in [2.24, 2.45) is 4.99 Å². The van der Waals surface area contributed by atoms with E-state index in [2.05, 4.69) is 80.7 Å². The van der Waals surface area contributed by atoms with Gasteiger partial charge in [0.1, 0.15) is 5.82 Å². The molecule has 0 aliphatic carbocycles. The number of hydrogen-bond donors (Lipinski definition) is 2. The number of likely N-dealkylation sites (N-methyl/N-ethyl adjacent to an activating group) is 1. The van der Waals surface area contributed by atoms with Gasteiger partial charge in [0.2, 0.25) is 0 Å². The predicted octanol–water partition coefficient (Wildman–Crippen LogP) is 3.02. The maximum absolute atomic E-state index is 4.67. The lowest BCUT2D eigenvalue weighted by Crippen LogP contribution is -2.46. The summed E-state index contributed by atoms with van der Waals surface area (Å²) in [6, 6.07) is 12.8. The minimum absolute atomic E-state index is 0. The van der Waals surface area contributed by atoms with E-state index < -0.39 is 0 Å². The number of aliphatic imine (C=N–C) groups is 1. The number of halogens is 1. The second kappa shape index (κ2) is 12.0. The molecule has 158 valence electrons. The Labute approximate surface area is 191 Å². The number of aryl methyl sites for hydroxylation is 1. The summed E-state index contributed by atoms with van der Waals surface area (Å²) >= 11 is 0. The van der Waals surface area contributed by atoms with E-state index in [0.29, 0.717) is 6.54 Å². The quantitative estimate of drug-likeness (QED) is 0.357. The molecule has 1 aromatic heterocycles. The lowest BCUT2D eigenvalue weighted by Gasteiger charge is -2.34. The third-order valence-electron chi connectivity index (χ3n) is 5.18. The van der Waals surface area contributed by atoms with E-state index in [4.69, 9.17) is 0 Å². The molecule has 1 aromatic carbocycles. The SMILES string of the molecule is CCN1CCN(c2ccc(CNC(=NC)NCc3cccc(C)c3)cn2)CC1.I. The van der Waals surface area contributed by atoms with Crippen molar-refractivity contribution in [1.82, 2.24) is 20.5 Å². The fraction of sp³-hybridized carbons (Fsp3) is 0.455. The smallest absolute Gasteiger partial charge is 0.191 e. The van der Waals surface area contributed by atoms with Crippen LogP contribution in [0.15, 0.2) is 47.6 Å². The zero-order chi connectivity index (χ0) is 19.8. The molecule has 1 saturated heterocycles. The molecule has 0 radical (unpaired) electrons. The van der Waals surface area contributed by atoms with Crippen LogP contribution in [0.2, 0.25) is 0 Å². The fourth-order valence-corrected chi connectivity index (χ4v) is 3.42. The summed E-state index contributed by atoms with van der Waals surface area (Å²) in [7, 11) is 1.79. The number of piperazine rings is 1. The minimum atomic E-state index is 0. The van der Waals surface area contributed by atoms with E-state index in [9.17, 15) is 0 Å². The first-order chi connectivity index (χ1) is 13.7. The number of nitrogens with zero attached hydrogens (tertiary/aromatic N) is 4. The molecule has 0 unspecified atom stereocenters. The molecule has 2 heterocycles. The Kier molecular flexibility index (Phi) is 9.66. The first kappa shape index (κ1) is 23.4. The predicted molar refractivity (Wildman–Crippen MR) is 132 cm³/mol. The van der Waals surface area contributed by atoms with Crippen LogP contribution in [0.3, 0.4) is 0 Å². The zero-order valence-corrected chi connectivity index (χ0v) is 20.0. The van der Waals surface area contributed by atoms with E-state index in [1.807, 2.05) is 6.20 Å². The van der Waals surface area contributed by atoms with Crippen LogP contribution >= 0.6 is 24.0 Å². The second-order valence-corrected chi connectivity index (χ2v) is 7.21. The van der Waals surface area contributed by atoms with Crippen LogP contribution in [-0.4, -0.2) is 55.6 Å². The van der Waals surface area contributed by atoms with E-state index >= 15 is 0 Å². The molecular weight excluding hydrogens is 475 g/mol. The van der Waals surface area contributed by atoms with Crippen LogP contribution in [0.25, 0.3) is 0 Å². The number of hydrogen-bond acceptors (Lipinski definition) is 4. The van der Waals surface area contributed by atoms with Crippen LogP contribution in [0.1, 0.15) is 23.6 Å². The lowest BCUT2D eigenvalue weighted by molar-refractivity contribution is 0.270. The van der Waals surface area contributed by atoms with Crippen LogP contribution in [0.5, 0.6) is 0 Å². The van der Waals surface area contributed by atoms with Gasteiger partial charge in [-0.05, 0) is 30.7 Å². The van der Waals surface area contributed by atoms with Gasteiger partial charge in [0, 0.05) is 52.5 Å². The van der Waals surface area contributed by atoms with Crippen molar-refractivity contribution in [2.75, 3.05) is 44.7 Å². The number of nitrogens with one attached hydrogen (secondary N) is 2. The van der Waals surface area contributed by atoms with Crippen LogP contribution < -0.4 is 15.5 Å². The summed E-state index contributed by atoms with van der Waals surface area (Å²) < 4.78 is 0. The topological polar surface area (TPSA) is 55.8 Å². The molecule has 2 N–H and O–H groups in total. The number of guanidine groups is 1. The van der Waals surface area contributed by atoms with Gasteiger partial charge in [-0.3, -0.25) is 4.99 Å². The van der Waals surface area contributed by atoms with Crippen LogP contribution in [0, 0.1) is 6.92 Å². The highest BCUT2D eigenvalue weighted by atomic mass is 127. The van der Waals surface area contributed by atoms with E-state index in [1.165, 1.54) is 11.1 Å². The summed E-state index contributed by atoms with van der Waals surface area (Å²) in [5.41, 5.74) is 3.66. The number of anilines is 1. The molecule has 7 heteroatoms. The van der Waals surface area contributed by atoms with Crippen molar-refractivity contribution in [1.29, 1.82) is 0 Å². The number of rotatable bonds is 6. The number of benzene rings is 1. The van der Waals surface area contributed by atoms with Crippen LogP contribution in [-0.2, 0) is 13.1 Å². The van der Waals surface area contributed by atoms with Crippen LogP contribution in [0.4, 0.5) is 5.82 Å². The molecule has 0 saturated carbocycles. The molecule has 29 heavy (non-hydrogen) atoms. The Morgan fingerprint density at radius 2 is 1.76 bits per heavy atom. The summed E-state index contributed by atoms with van der Waals surface area (Å²) in [5.74, 6) is 1.86. The molecule has 2 aromatic rings. The molecule has 3 rings (SSSR count). The average Bonchev–Trinajstić information content (AvgIpc) is 2.74. The van der Waals surface area contributed by atoms with Crippen molar-refractivity contribution in [3.8, 4) is 0 Å². The highest BCUT2D eigenvalue weighted by Crippen LogP contribution is 2.14. The first-order valence-corrected chi connectivity index (χ1v) is 10.1. The molecule has 1 fully saturated rings. The number of aromatic nitrogens is 1. The zero-order valence-electron chi connectivity index (χ0n) is 17.7. The Bertz CT molecular complexity index is 769. The van der Waals surface area contributed by atoms with Gasteiger partial charge in [-0.25, -0.2) is 4.98 Å². The largest absolute Gasteiger partial charge is 0.354 e. The maximum atomic E-state index is 4.67. The first-order valence-electron chi connectivity index (χ1n) is 10.1. The van der Waals surface area contributed by atoms with Gasteiger partial charge in [0.25, 0.3) is 0 Å². The third-order valence-corrected chi connectivity index (χ3v) is 5.18. The molecule has 6 nitrogen and oxygen atoms in total. The Morgan fingerprint density at radius 1 is 1.03 bits per heavy atom. The van der Waals surface area contributed by atoms with Gasteiger partial charge in [-0.1, -0.05) is 42.8 Å². The summed E-state index contributed by atoms with van der Waals surface area (Å²) in [6.07, 6.45) is 1.96. The van der Waals surface area contributed by atoms with Crippen molar-refractivity contribution < 1.29 is 0 Å². The minimum Gasteiger partial charge on any atom is -0.354 e. The molecule has 1 aliphatic rings.